The van der Waals surface area contributed by atoms with Crippen molar-refractivity contribution in [2.45, 2.75) is 13.3 Å². The Morgan fingerprint density at radius 1 is 0.870 bits per heavy atom. The Morgan fingerprint density at radius 2 is 1.65 bits per heavy atom. The molecule has 0 aliphatic carbocycles. The molecular weight excluding hydrogens is 280 g/mol. The number of imidazole rings is 1. The molecule has 4 rings (SSSR count). The summed E-state index contributed by atoms with van der Waals surface area (Å²) in [7, 11) is 0. The first-order chi connectivity index (χ1) is 11.3. The van der Waals surface area contributed by atoms with Crippen LogP contribution in [0.3, 0.4) is 0 Å². The van der Waals surface area contributed by atoms with Crippen LogP contribution in [0, 0.1) is 0 Å². The van der Waals surface area contributed by atoms with Crippen molar-refractivity contribution in [3.05, 3.63) is 78.5 Å². The second kappa shape index (κ2) is 5.73. The molecule has 0 bridgehead atoms. The van der Waals surface area contributed by atoms with E-state index in [1.807, 2.05) is 6.20 Å². The Bertz CT molecular complexity index is 944. The van der Waals surface area contributed by atoms with E-state index in [1.165, 1.54) is 21.9 Å². The lowest BCUT2D eigenvalue weighted by atomic mass is 10.0. The lowest BCUT2D eigenvalue weighted by molar-refractivity contribution is 1.14. The zero-order valence-electron chi connectivity index (χ0n) is 13.1. The molecule has 0 spiro atoms. The summed E-state index contributed by atoms with van der Waals surface area (Å²) in [6.45, 7) is 2.17. The molecule has 0 atom stereocenters. The third kappa shape index (κ3) is 2.53. The van der Waals surface area contributed by atoms with E-state index in [-0.39, 0.29) is 0 Å². The quantitative estimate of drug-likeness (QED) is 0.534. The van der Waals surface area contributed by atoms with E-state index in [0.717, 1.165) is 23.5 Å². The first-order valence-corrected chi connectivity index (χ1v) is 7.97. The normalized spacial score (nSPS) is 11.0. The van der Waals surface area contributed by atoms with Gasteiger partial charge in [-0.3, -0.25) is 0 Å². The van der Waals surface area contributed by atoms with Crippen LogP contribution in [-0.2, 0) is 6.42 Å². The summed E-state index contributed by atoms with van der Waals surface area (Å²) in [4.78, 5) is 8.06. The lowest BCUT2D eigenvalue weighted by Gasteiger charge is -2.04. The van der Waals surface area contributed by atoms with Gasteiger partial charge in [0.05, 0.1) is 11.9 Å². The van der Waals surface area contributed by atoms with E-state index < -0.39 is 0 Å². The predicted octanol–water partition coefficient (Wildman–Crippen LogP) is 5.46. The number of hydrogen-bond acceptors (Lipinski definition) is 1. The van der Waals surface area contributed by atoms with Crippen LogP contribution in [0.2, 0.25) is 0 Å². The fourth-order valence-electron chi connectivity index (χ4n) is 2.96. The molecular formula is C21H18N2. The number of rotatable bonds is 3. The number of aryl methyl sites for hydroxylation is 1. The van der Waals surface area contributed by atoms with E-state index in [1.54, 1.807) is 0 Å². The maximum Gasteiger partial charge on any atom is 0.138 e. The van der Waals surface area contributed by atoms with E-state index in [4.69, 9.17) is 0 Å². The molecule has 112 valence electrons. The molecule has 1 heterocycles. The van der Waals surface area contributed by atoms with Gasteiger partial charge in [-0.05, 0) is 28.3 Å². The van der Waals surface area contributed by atoms with Crippen LogP contribution < -0.4 is 0 Å². The van der Waals surface area contributed by atoms with Crippen LogP contribution in [0.5, 0.6) is 0 Å². The summed E-state index contributed by atoms with van der Waals surface area (Å²) >= 11 is 0. The summed E-state index contributed by atoms with van der Waals surface area (Å²) < 4.78 is 0. The van der Waals surface area contributed by atoms with Gasteiger partial charge in [0.1, 0.15) is 5.82 Å². The van der Waals surface area contributed by atoms with Crippen molar-refractivity contribution in [1.82, 2.24) is 9.97 Å². The molecule has 0 unspecified atom stereocenters. The number of H-pyrrole nitrogens is 1. The van der Waals surface area contributed by atoms with Crippen LogP contribution in [0.1, 0.15) is 12.5 Å². The van der Waals surface area contributed by atoms with Crippen LogP contribution in [0.25, 0.3) is 33.4 Å². The van der Waals surface area contributed by atoms with Crippen molar-refractivity contribution in [1.29, 1.82) is 0 Å². The van der Waals surface area contributed by atoms with Gasteiger partial charge in [0, 0.05) is 5.56 Å². The summed E-state index contributed by atoms with van der Waals surface area (Å²) in [6, 6.07) is 23.4. The molecule has 0 fully saturated rings. The number of benzene rings is 3. The summed E-state index contributed by atoms with van der Waals surface area (Å²) in [5, 5.41) is 2.45. The van der Waals surface area contributed by atoms with E-state index in [9.17, 15) is 0 Å². The topological polar surface area (TPSA) is 28.7 Å². The molecule has 2 nitrogen and oxygen atoms in total. The van der Waals surface area contributed by atoms with Crippen molar-refractivity contribution in [2.24, 2.45) is 0 Å². The third-order valence-electron chi connectivity index (χ3n) is 4.29. The van der Waals surface area contributed by atoms with Crippen molar-refractivity contribution < 1.29 is 0 Å². The van der Waals surface area contributed by atoms with Gasteiger partial charge in [0.25, 0.3) is 0 Å². The van der Waals surface area contributed by atoms with E-state index in [2.05, 4.69) is 83.6 Å². The molecule has 0 aliphatic heterocycles. The zero-order chi connectivity index (χ0) is 15.6. The first-order valence-electron chi connectivity index (χ1n) is 7.97. The van der Waals surface area contributed by atoms with Crippen molar-refractivity contribution >= 4 is 10.8 Å². The minimum Gasteiger partial charge on any atom is -0.338 e. The highest BCUT2D eigenvalue weighted by Gasteiger charge is 2.08. The second-order valence-corrected chi connectivity index (χ2v) is 5.72. The van der Waals surface area contributed by atoms with Crippen molar-refractivity contribution in [3.8, 4) is 22.6 Å². The van der Waals surface area contributed by atoms with Crippen molar-refractivity contribution in [3.63, 3.8) is 0 Å². The molecule has 0 radical (unpaired) electrons. The van der Waals surface area contributed by atoms with E-state index in [0.29, 0.717) is 0 Å². The SMILES string of the molecule is CCc1ccc(-c2cnc(-c3cccc4ccccc34)[nH]2)cc1. The molecule has 1 aromatic heterocycles. The molecule has 0 amide bonds. The largest absolute Gasteiger partial charge is 0.338 e. The number of aromatic amines is 1. The summed E-state index contributed by atoms with van der Waals surface area (Å²) in [5.41, 5.74) is 4.71. The molecule has 4 aromatic rings. The molecule has 23 heavy (non-hydrogen) atoms. The van der Waals surface area contributed by atoms with Gasteiger partial charge < -0.3 is 4.98 Å². The third-order valence-corrected chi connectivity index (χ3v) is 4.29. The smallest absolute Gasteiger partial charge is 0.138 e. The lowest BCUT2D eigenvalue weighted by Crippen LogP contribution is -1.84. The van der Waals surface area contributed by atoms with Gasteiger partial charge in [-0.2, -0.15) is 0 Å². The fraction of sp³-hybridized carbons (Fsp3) is 0.0952. The average molecular weight is 298 g/mol. The minimum absolute atomic E-state index is 0.913. The molecule has 1 N–H and O–H groups in total. The number of aromatic nitrogens is 2. The number of fused-ring (bicyclic) bond motifs is 1. The van der Waals surface area contributed by atoms with Gasteiger partial charge >= 0.3 is 0 Å². The van der Waals surface area contributed by atoms with Gasteiger partial charge in [-0.25, -0.2) is 4.98 Å². The maximum atomic E-state index is 4.60. The highest BCUT2D eigenvalue weighted by atomic mass is 14.9. The van der Waals surface area contributed by atoms with Crippen LogP contribution >= 0.6 is 0 Å². The van der Waals surface area contributed by atoms with Crippen LogP contribution in [0.15, 0.2) is 72.9 Å². The van der Waals surface area contributed by atoms with Gasteiger partial charge in [-0.1, -0.05) is 73.7 Å². The Kier molecular flexibility index (Phi) is 3.43. The number of hydrogen-bond donors (Lipinski definition) is 1. The monoisotopic (exact) mass is 298 g/mol. The van der Waals surface area contributed by atoms with Gasteiger partial charge in [0.2, 0.25) is 0 Å². The molecule has 0 saturated carbocycles. The minimum atomic E-state index is 0.913. The molecule has 0 aliphatic rings. The van der Waals surface area contributed by atoms with Crippen LogP contribution in [0.4, 0.5) is 0 Å². The summed E-state index contributed by atoms with van der Waals surface area (Å²) in [5.74, 6) is 0.913. The maximum absolute atomic E-state index is 4.60. The molecule has 0 saturated heterocycles. The number of nitrogens with zero attached hydrogens (tertiary/aromatic N) is 1. The van der Waals surface area contributed by atoms with Crippen LogP contribution in [-0.4, -0.2) is 9.97 Å². The standard InChI is InChI=1S/C21H18N2/c1-2-15-10-12-17(13-11-15)20-14-22-21(23-20)19-9-5-7-16-6-3-4-8-18(16)19/h3-14H,2H2,1H3,(H,22,23). The van der Waals surface area contributed by atoms with Gasteiger partial charge in [0.15, 0.2) is 0 Å². The second-order valence-electron chi connectivity index (χ2n) is 5.72. The van der Waals surface area contributed by atoms with Gasteiger partial charge in [-0.15, -0.1) is 0 Å². The highest BCUT2D eigenvalue weighted by Crippen LogP contribution is 2.28. The first kappa shape index (κ1) is 13.8. The fourth-order valence-corrected chi connectivity index (χ4v) is 2.96. The van der Waals surface area contributed by atoms with Crippen molar-refractivity contribution in [2.75, 3.05) is 0 Å². The molecule has 2 heteroatoms. The summed E-state index contributed by atoms with van der Waals surface area (Å²) in [6.07, 6.45) is 2.97. The Labute approximate surface area is 135 Å². The Hall–Kier alpha value is -2.87. The molecule has 3 aromatic carbocycles. The Balaban J connectivity index is 1.77. The van der Waals surface area contributed by atoms with E-state index >= 15 is 0 Å². The predicted molar refractivity (Wildman–Crippen MR) is 96.3 cm³/mol. The zero-order valence-corrected chi connectivity index (χ0v) is 13.1. The highest BCUT2D eigenvalue weighted by molar-refractivity contribution is 5.95. The average Bonchev–Trinajstić information content (AvgIpc) is 3.11. The number of nitrogens with one attached hydrogen (secondary N) is 1. The Morgan fingerprint density at radius 3 is 2.48 bits per heavy atom.